The molecule has 0 fully saturated rings. The topological polar surface area (TPSA) is 139 Å². The summed E-state index contributed by atoms with van der Waals surface area (Å²) in [6.45, 7) is 3.09. The van der Waals surface area contributed by atoms with E-state index in [9.17, 15) is 28.7 Å². The fourth-order valence-electron chi connectivity index (χ4n) is 5.74. The van der Waals surface area contributed by atoms with Gasteiger partial charge >= 0.3 is 0 Å². The molecule has 11 heteroatoms. The Morgan fingerprint density at radius 3 is 2.78 bits per heavy atom. The van der Waals surface area contributed by atoms with Gasteiger partial charge in [0, 0.05) is 37.4 Å². The molecular formula is C30H39FN4O6. The zero-order chi connectivity index (χ0) is 29.5. The first kappa shape index (κ1) is 30.2. The van der Waals surface area contributed by atoms with Crippen LogP contribution >= 0.6 is 0 Å². The summed E-state index contributed by atoms with van der Waals surface area (Å²) in [7, 11) is 0. The van der Waals surface area contributed by atoms with Gasteiger partial charge in [-0.25, -0.2) is 4.39 Å². The molecule has 3 unspecified atom stereocenters. The van der Waals surface area contributed by atoms with Gasteiger partial charge in [0.05, 0.1) is 18.4 Å². The summed E-state index contributed by atoms with van der Waals surface area (Å²) in [4.78, 5) is 52.7. The maximum absolute atomic E-state index is 13.7. The van der Waals surface area contributed by atoms with Crippen molar-refractivity contribution >= 4 is 23.5 Å². The van der Waals surface area contributed by atoms with E-state index in [1.54, 1.807) is 24.3 Å². The third kappa shape index (κ3) is 7.32. The Balaban J connectivity index is 1.47. The number of aromatic hydroxyl groups is 1. The fourth-order valence-corrected chi connectivity index (χ4v) is 5.74. The van der Waals surface area contributed by atoms with Crippen LogP contribution in [0.5, 0.6) is 5.75 Å². The molecule has 2 aliphatic rings. The molecule has 1 aromatic carbocycles. The predicted molar refractivity (Wildman–Crippen MR) is 149 cm³/mol. The summed E-state index contributed by atoms with van der Waals surface area (Å²) < 4.78 is 19.3. The molecule has 2 aromatic rings. The number of aryl methyl sites for hydroxylation is 1. The molecule has 0 saturated carbocycles. The lowest BCUT2D eigenvalue weighted by atomic mass is 9.79. The summed E-state index contributed by atoms with van der Waals surface area (Å²) in [6, 6.07) is 7.27. The van der Waals surface area contributed by atoms with Crippen LogP contribution in [0, 0.1) is 11.8 Å². The van der Waals surface area contributed by atoms with E-state index in [1.165, 1.54) is 0 Å². The van der Waals surface area contributed by atoms with Gasteiger partial charge in [-0.3, -0.25) is 19.2 Å². The summed E-state index contributed by atoms with van der Waals surface area (Å²) in [5, 5.41) is 18.3. The number of phenolic OH excluding ortho intramolecular Hbond substituents is 1. The van der Waals surface area contributed by atoms with Crippen molar-refractivity contribution in [2.24, 2.45) is 11.8 Å². The van der Waals surface area contributed by atoms with E-state index in [0.29, 0.717) is 25.8 Å². The molecule has 10 nitrogen and oxygen atoms in total. The van der Waals surface area contributed by atoms with Crippen molar-refractivity contribution in [2.45, 2.75) is 70.6 Å². The number of halogens is 1. The molecule has 3 amide bonds. The Morgan fingerprint density at radius 1 is 1.24 bits per heavy atom. The monoisotopic (exact) mass is 570 g/mol. The number of hydrogen-bond donors (Lipinski definition) is 4. The van der Waals surface area contributed by atoms with Crippen LogP contribution in [0.25, 0.3) is 0 Å². The van der Waals surface area contributed by atoms with E-state index in [-0.39, 0.29) is 55.4 Å². The number of amides is 3. The van der Waals surface area contributed by atoms with Crippen LogP contribution in [-0.4, -0.2) is 65.2 Å². The number of carbonyl (C=O) groups excluding carboxylic acids is 4. The second kappa shape index (κ2) is 13.8. The van der Waals surface area contributed by atoms with Crippen LogP contribution in [0.2, 0.25) is 0 Å². The molecule has 1 aromatic heterocycles. The van der Waals surface area contributed by atoms with Crippen LogP contribution in [0.15, 0.2) is 36.5 Å². The standard InChI is InChI=1S/C30H39FN4O6/c1-3-18(2)27(34-25(38)17-41-12-10-31)30(40)33-23-8-7-20-9-11-35-16-21(14-24(37)26(23)28(20)35)29(39)32-15-19-5-4-6-22(36)13-19/h4-6,9,11,13,18,21,23,26-27,36H,3,7-8,10,12,14-17H2,1-2H3,(H,32,39)(H,33,40)(H,34,38)/t18?,21-,23-,26?,27?/m0/s1. The quantitative estimate of drug-likeness (QED) is 0.289. The molecule has 2 heterocycles. The Labute approximate surface area is 239 Å². The first-order valence-corrected chi connectivity index (χ1v) is 14.2. The predicted octanol–water partition coefficient (Wildman–Crippen LogP) is 2.13. The summed E-state index contributed by atoms with van der Waals surface area (Å²) in [5.74, 6) is -2.54. The second-order valence-electron chi connectivity index (χ2n) is 10.9. The molecule has 0 spiro atoms. The van der Waals surface area contributed by atoms with Crippen molar-refractivity contribution in [2.75, 3.05) is 19.9 Å². The Bertz CT molecular complexity index is 1260. The Kier molecular flexibility index (Phi) is 10.1. The number of alkyl halides is 1. The number of carbonyl (C=O) groups is 4. The van der Waals surface area contributed by atoms with E-state index in [0.717, 1.165) is 16.8 Å². The molecular weight excluding hydrogens is 531 g/mol. The summed E-state index contributed by atoms with van der Waals surface area (Å²) in [5.41, 5.74) is 2.61. The fraction of sp³-hybridized carbons (Fsp3) is 0.533. The van der Waals surface area contributed by atoms with Crippen molar-refractivity contribution in [3.05, 3.63) is 53.3 Å². The summed E-state index contributed by atoms with van der Waals surface area (Å²) in [6.07, 6.45) is 3.78. The van der Waals surface area contributed by atoms with Gasteiger partial charge in [-0.05, 0) is 48.1 Å². The lowest BCUT2D eigenvalue weighted by molar-refractivity contribution is -0.133. The molecule has 5 atom stereocenters. The molecule has 0 bridgehead atoms. The van der Waals surface area contributed by atoms with Gasteiger partial charge in [0.1, 0.15) is 30.9 Å². The number of nitrogens with zero attached hydrogens (tertiary/aromatic N) is 1. The van der Waals surface area contributed by atoms with Crippen molar-refractivity contribution in [1.29, 1.82) is 0 Å². The zero-order valence-electron chi connectivity index (χ0n) is 23.5. The lowest BCUT2D eigenvalue weighted by Gasteiger charge is -2.34. The van der Waals surface area contributed by atoms with Crippen molar-refractivity contribution in [1.82, 2.24) is 20.5 Å². The molecule has 222 valence electrons. The highest BCUT2D eigenvalue weighted by atomic mass is 19.1. The van der Waals surface area contributed by atoms with Crippen LogP contribution in [-0.2, 0) is 43.4 Å². The smallest absolute Gasteiger partial charge is 0.246 e. The minimum atomic E-state index is -0.841. The summed E-state index contributed by atoms with van der Waals surface area (Å²) >= 11 is 0. The first-order chi connectivity index (χ1) is 19.7. The zero-order valence-corrected chi connectivity index (χ0v) is 23.5. The number of ether oxygens (including phenoxy) is 1. The number of ketones is 1. The van der Waals surface area contributed by atoms with Crippen molar-refractivity contribution < 1.29 is 33.4 Å². The highest BCUT2D eigenvalue weighted by Crippen LogP contribution is 2.38. The van der Waals surface area contributed by atoms with Crippen molar-refractivity contribution in [3.8, 4) is 5.75 Å². The van der Waals surface area contributed by atoms with E-state index in [4.69, 9.17) is 4.74 Å². The number of hydrogen-bond acceptors (Lipinski definition) is 6. The SMILES string of the molecule is CCC(C)C(NC(=O)COCCF)C(=O)N[C@H]1CCc2ccn3c2C1C(=O)C[C@H](C(=O)NCc1cccc(O)c1)C3. The first-order valence-electron chi connectivity index (χ1n) is 14.2. The highest BCUT2D eigenvalue weighted by Gasteiger charge is 2.43. The van der Waals surface area contributed by atoms with Gasteiger partial charge < -0.3 is 30.4 Å². The minimum absolute atomic E-state index is 0.0292. The highest BCUT2D eigenvalue weighted by molar-refractivity contribution is 5.93. The average Bonchev–Trinajstić information content (AvgIpc) is 3.29. The minimum Gasteiger partial charge on any atom is -0.508 e. The maximum atomic E-state index is 13.7. The van der Waals surface area contributed by atoms with Crippen molar-refractivity contribution in [3.63, 3.8) is 0 Å². The number of aromatic nitrogens is 1. The molecule has 0 radical (unpaired) electrons. The Morgan fingerprint density at radius 2 is 2.05 bits per heavy atom. The molecule has 1 aliphatic heterocycles. The van der Waals surface area contributed by atoms with Gasteiger partial charge in [-0.15, -0.1) is 0 Å². The van der Waals surface area contributed by atoms with Gasteiger partial charge in [0.2, 0.25) is 17.7 Å². The number of benzene rings is 1. The van der Waals surface area contributed by atoms with Crippen LogP contribution in [0.3, 0.4) is 0 Å². The molecule has 4 N–H and O–H groups in total. The number of phenols is 1. The number of nitrogens with one attached hydrogen (secondary N) is 3. The Hall–Kier alpha value is -3.73. The van der Waals surface area contributed by atoms with Crippen LogP contribution < -0.4 is 16.0 Å². The molecule has 0 saturated heterocycles. The van der Waals surface area contributed by atoms with Gasteiger partial charge in [0.25, 0.3) is 0 Å². The molecule has 41 heavy (non-hydrogen) atoms. The maximum Gasteiger partial charge on any atom is 0.246 e. The third-order valence-electron chi connectivity index (χ3n) is 8.07. The van der Waals surface area contributed by atoms with Gasteiger partial charge in [-0.1, -0.05) is 32.4 Å². The molecule has 1 aliphatic carbocycles. The van der Waals surface area contributed by atoms with E-state index >= 15 is 0 Å². The van der Waals surface area contributed by atoms with Gasteiger partial charge in [-0.2, -0.15) is 0 Å². The normalized spacial score (nSPS) is 21.2. The van der Waals surface area contributed by atoms with Gasteiger partial charge in [0.15, 0.2) is 0 Å². The van der Waals surface area contributed by atoms with E-state index in [2.05, 4.69) is 16.0 Å². The van der Waals surface area contributed by atoms with Crippen LogP contribution in [0.1, 0.15) is 55.8 Å². The lowest BCUT2D eigenvalue weighted by Crippen LogP contribution is -2.55. The third-order valence-corrected chi connectivity index (χ3v) is 8.07. The number of Topliss-reactive ketones (excluding diaryl/α,β-unsaturated/α-hetero) is 1. The van der Waals surface area contributed by atoms with Crippen LogP contribution in [0.4, 0.5) is 4.39 Å². The van der Waals surface area contributed by atoms with E-state index in [1.807, 2.05) is 30.7 Å². The second-order valence-corrected chi connectivity index (χ2v) is 10.9. The molecule has 4 rings (SSSR count). The largest absolute Gasteiger partial charge is 0.508 e. The average molecular weight is 571 g/mol. The number of rotatable bonds is 12. The van der Waals surface area contributed by atoms with E-state index < -0.39 is 36.5 Å².